The van der Waals surface area contributed by atoms with Gasteiger partial charge in [0.15, 0.2) is 5.82 Å². The van der Waals surface area contributed by atoms with Crippen LogP contribution in [0.1, 0.15) is 51.4 Å². The van der Waals surface area contributed by atoms with Crippen LogP contribution in [-0.4, -0.2) is 14.9 Å². The molecule has 1 aromatic heterocycles. The molecule has 0 saturated heterocycles. The van der Waals surface area contributed by atoms with Gasteiger partial charge in [0.2, 0.25) is 5.95 Å². The topological polar surface area (TPSA) is 133 Å². The van der Waals surface area contributed by atoms with Crippen LogP contribution in [0.5, 0.6) is 0 Å². The Hall–Kier alpha value is -2.90. The summed E-state index contributed by atoms with van der Waals surface area (Å²) < 4.78 is 0. The van der Waals surface area contributed by atoms with E-state index in [-0.39, 0.29) is 11.6 Å². The standard InChI is InChI=1S/C14H18N6O2.2C2H6/c1-3-10-12(15)13(19-14(16)18-10)17-7-9-4-5-11(20(21)22)8(2)6-9;2*1-2/h4-6H,3,7,15H2,1-2H3,(H3,16,17,18,19);2*1-2H3. The zero-order valence-electron chi connectivity index (χ0n) is 16.5. The molecular weight excluding hydrogens is 332 g/mol. The fraction of sp³-hybridized carbons (Fsp3) is 0.444. The van der Waals surface area contributed by atoms with E-state index in [1.54, 1.807) is 19.1 Å². The predicted octanol–water partition coefficient (Wildman–Crippen LogP) is 4.08. The van der Waals surface area contributed by atoms with Gasteiger partial charge in [-0.3, -0.25) is 10.1 Å². The van der Waals surface area contributed by atoms with Gasteiger partial charge in [0.05, 0.1) is 16.3 Å². The number of nitro benzene ring substituents is 1. The highest BCUT2D eigenvalue weighted by Crippen LogP contribution is 2.23. The molecule has 0 atom stereocenters. The van der Waals surface area contributed by atoms with Gasteiger partial charge in [-0.25, -0.2) is 4.98 Å². The summed E-state index contributed by atoms with van der Waals surface area (Å²) in [6, 6.07) is 4.94. The molecule has 1 aromatic carbocycles. The third-order valence-electron chi connectivity index (χ3n) is 3.29. The van der Waals surface area contributed by atoms with Crippen LogP contribution in [0.2, 0.25) is 0 Å². The molecule has 0 amide bonds. The molecule has 0 fully saturated rings. The van der Waals surface area contributed by atoms with E-state index in [9.17, 15) is 10.1 Å². The van der Waals surface area contributed by atoms with Crippen LogP contribution in [0, 0.1) is 17.0 Å². The lowest BCUT2D eigenvalue weighted by atomic mass is 10.1. The van der Waals surface area contributed by atoms with Crippen molar-refractivity contribution < 1.29 is 4.92 Å². The molecule has 26 heavy (non-hydrogen) atoms. The fourth-order valence-corrected chi connectivity index (χ4v) is 2.16. The summed E-state index contributed by atoms with van der Waals surface area (Å²) in [6.45, 7) is 12.1. The third kappa shape index (κ3) is 6.19. The molecule has 0 spiro atoms. The van der Waals surface area contributed by atoms with Crippen LogP contribution in [0.25, 0.3) is 0 Å². The molecule has 0 saturated carbocycles. The van der Waals surface area contributed by atoms with E-state index < -0.39 is 4.92 Å². The van der Waals surface area contributed by atoms with Gasteiger partial charge in [0.25, 0.3) is 5.69 Å². The smallest absolute Gasteiger partial charge is 0.272 e. The maximum absolute atomic E-state index is 10.8. The van der Waals surface area contributed by atoms with Crippen LogP contribution in [0.4, 0.5) is 23.1 Å². The van der Waals surface area contributed by atoms with Crippen molar-refractivity contribution >= 4 is 23.1 Å². The normalized spacial score (nSPS) is 9.31. The van der Waals surface area contributed by atoms with Crippen molar-refractivity contribution in [2.45, 2.75) is 54.5 Å². The average Bonchev–Trinajstić information content (AvgIpc) is 2.65. The summed E-state index contributed by atoms with van der Waals surface area (Å²) in [4.78, 5) is 18.6. The van der Waals surface area contributed by atoms with E-state index in [4.69, 9.17) is 11.5 Å². The predicted molar refractivity (Wildman–Crippen MR) is 108 cm³/mol. The summed E-state index contributed by atoms with van der Waals surface area (Å²) in [7, 11) is 0. The molecule has 0 radical (unpaired) electrons. The average molecular weight is 362 g/mol. The Kier molecular flexibility index (Phi) is 10.3. The Morgan fingerprint density at radius 3 is 2.27 bits per heavy atom. The number of nitrogens with one attached hydrogen (secondary N) is 1. The summed E-state index contributed by atoms with van der Waals surface area (Å²) in [5.41, 5.74) is 14.4. The second-order valence-corrected chi connectivity index (χ2v) is 4.88. The highest BCUT2D eigenvalue weighted by atomic mass is 16.6. The molecule has 5 N–H and O–H groups in total. The Morgan fingerprint density at radius 1 is 1.15 bits per heavy atom. The van der Waals surface area contributed by atoms with Gasteiger partial charge >= 0.3 is 0 Å². The molecule has 0 unspecified atom stereocenters. The minimum absolute atomic E-state index is 0.0998. The SMILES string of the molecule is CC.CC.CCc1nc(N)nc(NCc2ccc([N+](=O)[O-])c(C)c2)c1N. The molecule has 0 aliphatic heterocycles. The number of nitrogens with two attached hydrogens (primary N) is 2. The van der Waals surface area contributed by atoms with Gasteiger partial charge in [-0.15, -0.1) is 0 Å². The van der Waals surface area contributed by atoms with E-state index in [2.05, 4.69) is 15.3 Å². The Labute approximate surface area is 155 Å². The van der Waals surface area contributed by atoms with Gasteiger partial charge in [-0.1, -0.05) is 40.7 Å². The summed E-state index contributed by atoms with van der Waals surface area (Å²) in [5, 5.41) is 13.9. The van der Waals surface area contributed by atoms with E-state index in [1.165, 1.54) is 6.07 Å². The first-order chi connectivity index (χ1) is 12.4. The number of nitrogen functional groups attached to an aromatic ring is 2. The first-order valence-corrected chi connectivity index (χ1v) is 8.82. The number of nitrogens with zero attached hydrogens (tertiary/aromatic N) is 3. The number of nitro groups is 1. The minimum atomic E-state index is -0.400. The highest BCUT2D eigenvalue weighted by molar-refractivity contribution is 5.65. The summed E-state index contributed by atoms with van der Waals surface area (Å²) >= 11 is 0. The van der Waals surface area contributed by atoms with Crippen molar-refractivity contribution in [3.8, 4) is 0 Å². The van der Waals surface area contributed by atoms with E-state index in [0.717, 1.165) is 5.56 Å². The third-order valence-corrected chi connectivity index (χ3v) is 3.29. The second-order valence-electron chi connectivity index (χ2n) is 4.88. The zero-order chi connectivity index (χ0) is 20.3. The lowest BCUT2D eigenvalue weighted by Crippen LogP contribution is -2.10. The number of hydrogen-bond acceptors (Lipinski definition) is 7. The number of benzene rings is 1. The maximum atomic E-state index is 10.8. The highest BCUT2D eigenvalue weighted by Gasteiger charge is 2.12. The monoisotopic (exact) mass is 362 g/mol. The van der Waals surface area contributed by atoms with Crippen molar-refractivity contribution in [3.05, 3.63) is 45.1 Å². The number of anilines is 3. The molecule has 0 bridgehead atoms. The van der Waals surface area contributed by atoms with Crippen molar-refractivity contribution in [2.75, 3.05) is 16.8 Å². The Morgan fingerprint density at radius 2 is 1.77 bits per heavy atom. The molecule has 0 aliphatic rings. The van der Waals surface area contributed by atoms with E-state index in [0.29, 0.717) is 35.7 Å². The number of aromatic nitrogens is 2. The second kappa shape index (κ2) is 11.6. The number of aryl methyl sites for hydroxylation is 2. The molecule has 0 aliphatic carbocycles. The van der Waals surface area contributed by atoms with Crippen molar-refractivity contribution in [1.82, 2.24) is 9.97 Å². The molecular formula is C18H30N6O2. The van der Waals surface area contributed by atoms with Crippen LogP contribution < -0.4 is 16.8 Å². The molecule has 1 heterocycles. The van der Waals surface area contributed by atoms with Gasteiger partial charge in [0.1, 0.15) is 0 Å². The van der Waals surface area contributed by atoms with Crippen LogP contribution >= 0.6 is 0 Å². The van der Waals surface area contributed by atoms with E-state index in [1.807, 2.05) is 34.6 Å². The van der Waals surface area contributed by atoms with Crippen LogP contribution in [-0.2, 0) is 13.0 Å². The zero-order valence-corrected chi connectivity index (χ0v) is 16.5. The first-order valence-electron chi connectivity index (χ1n) is 8.82. The van der Waals surface area contributed by atoms with Crippen molar-refractivity contribution in [2.24, 2.45) is 0 Å². The summed E-state index contributed by atoms with van der Waals surface area (Å²) in [5.74, 6) is 0.633. The molecule has 8 heteroatoms. The van der Waals surface area contributed by atoms with Gasteiger partial charge in [-0.05, 0) is 25.0 Å². The number of rotatable bonds is 5. The first kappa shape index (κ1) is 23.1. The van der Waals surface area contributed by atoms with Crippen LogP contribution in [0.3, 0.4) is 0 Å². The van der Waals surface area contributed by atoms with Gasteiger partial charge in [-0.2, -0.15) is 4.98 Å². The largest absolute Gasteiger partial charge is 0.394 e. The van der Waals surface area contributed by atoms with Gasteiger partial charge < -0.3 is 16.8 Å². The molecule has 2 aromatic rings. The quantitative estimate of drug-likeness (QED) is 0.539. The lowest BCUT2D eigenvalue weighted by molar-refractivity contribution is -0.385. The number of hydrogen-bond donors (Lipinski definition) is 3. The van der Waals surface area contributed by atoms with Crippen molar-refractivity contribution in [3.63, 3.8) is 0 Å². The molecule has 8 nitrogen and oxygen atoms in total. The Balaban J connectivity index is 0.00000146. The molecule has 144 valence electrons. The molecule has 2 rings (SSSR count). The van der Waals surface area contributed by atoms with Gasteiger partial charge in [0, 0.05) is 18.2 Å². The fourth-order valence-electron chi connectivity index (χ4n) is 2.16. The van der Waals surface area contributed by atoms with Crippen LogP contribution in [0.15, 0.2) is 18.2 Å². The van der Waals surface area contributed by atoms with E-state index >= 15 is 0 Å². The maximum Gasteiger partial charge on any atom is 0.272 e. The summed E-state index contributed by atoms with van der Waals surface area (Å²) in [6.07, 6.45) is 0.657. The minimum Gasteiger partial charge on any atom is -0.394 e. The lowest BCUT2D eigenvalue weighted by Gasteiger charge is -2.12. The Bertz CT molecular complexity index is 719. The van der Waals surface area contributed by atoms with Crippen molar-refractivity contribution in [1.29, 1.82) is 0 Å².